The van der Waals surface area contributed by atoms with E-state index in [0.29, 0.717) is 27.2 Å². The molecular weight excluding hydrogens is 428 g/mol. The average molecular weight is 445 g/mol. The van der Waals surface area contributed by atoms with Crippen LogP contribution in [0.15, 0.2) is 46.4 Å². The van der Waals surface area contributed by atoms with Crippen LogP contribution in [0.5, 0.6) is 11.5 Å². The van der Waals surface area contributed by atoms with Crippen molar-refractivity contribution < 1.29 is 23.9 Å². The monoisotopic (exact) mass is 444 g/mol. The first-order valence-electron chi connectivity index (χ1n) is 8.25. The zero-order valence-electron chi connectivity index (χ0n) is 15.4. The number of methoxy groups -OCH3 is 2. The van der Waals surface area contributed by atoms with Crippen LogP contribution >= 0.6 is 15.9 Å². The number of amides is 4. The molecule has 3 rings (SSSR count). The molecule has 0 atom stereocenters. The van der Waals surface area contributed by atoms with E-state index in [0.717, 1.165) is 10.5 Å². The van der Waals surface area contributed by atoms with Gasteiger partial charge >= 0.3 is 6.03 Å². The zero-order valence-corrected chi connectivity index (χ0v) is 17.0. The molecule has 1 N–H and O–H groups in total. The molecule has 4 amide bonds. The normalized spacial score (nSPS) is 15.6. The quantitative estimate of drug-likeness (QED) is 0.576. The molecule has 7 nitrogen and oxygen atoms in total. The molecule has 1 fully saturated rings. The number of barbiturate groups is 1. The summed E-state index contributed by atoms with van der Waals surface area (Å²) >= 11 is 3.39. The second kappa shape index (κ2) is 7.85. The number of nitrogens with zero attached hydrogens (tertiary/aromatic N) is 1. The third kappa shape index (κ3) is 3.63. The van der Waals surface area contributed by atoms with Gasteiger partial charge < -0.3 is 9.47 Å². The lowest BCUT2D eigenvalue weighted by Gasteiger charge is -2.26. The Morgan fingerprint density at radius 3 is 2.21 bits per heavy atom. The summed E-state index contributed by atoms with van der Waals surface area (Å²) in [4.78, 5) is 38.4. The fraction of sp³-hybridized carbons (Fsp3) is 0.150. The first-order chi connectivity index (χ1) is 13.3. The summed E-state index contributed by atoms with van der Waals surface area (Å²) < 4.78 is 11.1. The number of nitrogens with one attached hydrogen (secondary N) is 1. The van der Waals surface area contributed by atoms with Crippen molar-refractivity contribution in [1.29, 1.82) is 0 Å². The second-order valence-corrected chi connectivity index (χ2v) is 6.88. The number of halogens is 1. The van der Waals surface area contributed by atoms with Crippen molar-refractivity contribution in [2.45, 2.75) is 6.92 Å². The minimum atomic E-state index is -0.789. The fourth-order valence-electron chi connectivity index (χ4n) is 2.72. The fourth-order valence-corrected chi connectivity index (χ4v) is 3.16. The van der Waals surface area contributed by atoms with Crippen molar-refractivity contribution in [3.63, 3.8) is 0 Å². The number of benzene rings is 2. The average Bonchev–Trinajstić information content (AvgIpc) is 2.67. The van der Waals surface area contributed by atoms with E-state index in [1.54, 1.807) is 36.4 Å². The first kappa shape index (κ1) is 19.6. The van der Waals surface area contributed by atoms with E-state index < -0.39 is 17.8 Å². The second-order valence-electron chi connectivity index (χ2n) is 6.02. The SMILES string of the molecule is COc1cc(Br)c(/C=C2/C(=O)NC(=O)N(c3ccc(C)cc3)C2=O)cc1OC. The number of hydrogen-bond donors (Lipinski definition) is 1. The summed E-state index contributed by atoms with van der Waals surface area (Å²) in [7, 11) is 2.99. The lowest BCUT2D eigenvalue weighted by molar-refractivity contribution is -0.122. The van der Waals surface area contributed by atoms with Crippen LogP contribution in [-0.2, 0) is 9.59 Å². The predicted molar refractivity (Wildman–Crippen MR) is 107 cm³/mol. The summed E-state index contributed by atoms with van der Waals surface area (Å²) in [6, 6.07) is 9.35. The molecule has 0 unspecified atom stereocenters. The van der Waals surface area contributed by atoms with Gasteiger partial charge in [-0.15, -0.1) is 0 Å². The molecule has 1 saturated heterocycles. The van der Waals surface area contributed by atoms with Crippen molar-refractivity contribution in [3.05, 3.63) is 57.6 Å². The van der Waals surface area contributed by atoms with Gasteiger partial charge in [0.1, 0.15) is 5.57 Å². The van der Waals surface area contributed by atoms with Gasteiger partial charge in [0.05, 0.1) is 19.9 Å². The molecule has 2 aromatic rings. The van der Waals surface area contributed by atoms with Gasteiger partial charge in [-0.1, -0.05) is 33.6 Å². The molecule has 8 heteroatoms. The molecule has 1 aliphatic heterocycles. The highest BCUT2D eigenvalue weighted by Gasteiger charge is 2.36. The number of hydrogen-bond acceptors (Lipinski definition) is 5. The Labute approximate surface area is 170 Å². The Balaban J connectivity index is 2.05. The summed E-state index contributed by atoms with van der Waals surface area (Å²) in [6.45, 7) is 1.89. The Morgan fingerprint density at radius 1 is 1.00 bits per heavy atom. The maximum Gasteiger partial charge on any atom is 0.335 e. The number of imide groups is 2. The van der Waals surface area contributed by atoms with Crippen LogP contribution in [0, 0.1) is 6.92 Å². The number of urea groups is 1. The van der Waals surface area contributed by atoms with Crippen LogP contribution in [0.3, 0.4) is 0 Å². The number of aryl methyl sites for hydroxylation is 1. The molecule has 0 aliphatic carbocycles. The minimum absolute atomic E-state index is 0.173. The van der Waals surface area contributed by atoms with Gasteiger partial charge in [0.15, 0.2) is 11.5 Å². The summed E-state index contributed by atoms with van der Waals surface area (Å²) in [5.74, 6) is -0.542. The highest BCUT2D eigenvalue weighted by atomic mass is 79.9. The largest absolute Gasteiger partial charge is 0.493 e. The number of rotatable bonds is 4. The third-order valence-electron chi connectivity index (χ3n) is 4.20. The lowest BCUT2D eigenvalue weighted by atomic mass is 10.1. The molecule has 2 aromatic carbocycles. The van der Waals surface area contributed by atoms with Gasteiger partial charge in [-0.3, -0.25) is 14.9 Å². The first-order valence-corrected chi connectivity index (χ1v) is 9.04. The van der Waals surface area contributed by atoms with E-state index in [1.807, 2.05) is 6.92 Å². The zero-order chi connectivity index (χ0) is 20.4. The molecule has 1 heterocycles. The Morgan fingerprint density at radius 2 is 1.61 bits per heavy atom. The van der Waals surface area contributed by atoms with Crippen molar-refractivity contribution in [3.8, 4) is 11.5 Å². The number of ether oxygens (including phenoxy) is 2. The summed E-state index contributed by atoms with van der Waals surface area (Å²) in [6.07, 6.45) is 1.40. The minimum Gasteiger partial charge on any atom is -0.493 e. The summed E-state index contributed by atoms with van der Waals surface area (Å²) in [5, 5.41) is 2.20. The van der Waals surface area contributed by atoms with Gasteiger partial charge in [0.25, 0.3) is 11.8 Å². The highest BCUT2D eigenvalue weighted by Crippen LogP contribution is 2.35. The highest BCUT2D eigenvalue weighted by molar-refractivity contribution is 9.10. The van der Waals surface area contributed by atoms with Crippen LogP contribution in [0.4, 0.5) is 10.5 Å². The smallest absolute Gasteiger partial charge is 0.335 e. The Bertz CT molecular complexity index is 998. The van der Waals surface area contributed by atoms with Crippen LogP contribution in [0.1, 0.15) is 11.1 Å². The van der Waals surface area contributed by atoms with Gasteiger partial charge in [-0.25, -0.2) is 9.69 Å². The Hall–Kier alpha value is -3.13. The van der Waals surface area contributed by atoms with Crippen LogP contribution in [-0.4, -0.2) is 32.1 Å². The molecule has 0 radical (unpaired) electrons. The molecule has 1 aliphatic rings. The van der Waals surface area contributed by atoms with Crippen LogP contribution < -0.4 is 19.7 Å². The van der Waals surface area contributed by atoms with Crippen LogP contribution in [0.2, 0.25) is 0 Å². The van der Waals surface area contributed by atoms with E-state index in [2.05, 4.69) is 21.2 Å². The number of anilines is 1. The lowest BCUT2D eigenvalue weighted by Crippen LogP contribution is -2.54. The third-order valence-corrected chi connectivity index (χ3v) is 4.88. The van der Waals surface area contributed by atoms with E-state index >= 15 is 0 Å². The van der Waals surface area contributed by atoms with Gasteiger partial charge in [0, 0.05) is 4.47 Å². The van der Waals surface area contributed by atoms with E-state index in [9.17, 15) is 14.4 Å². The molecular formula is C20H17BrN2O5. The van der Waals surface area contributed by atoms with E-state index in [4.69, 9.17) is 9.47 Å². The predicted octanol–water partition coefficient (Wildman–Crippen LogP) is 3.44. The molecule has 0 saturated carbocycles. The maximum atomic E-state index is 12.9. The molecule has 144 valence electrons. The standard InChI is InChI=1S/C20H17BrN2O5/c1-11-4-6-13(7-5-11)23-19(25)14(18(24)22-20(23)26)8-12-9-16(27-2)17(28-3)10-15(12)21/h4-10H,1-3H3,(H,22,24,26)/b14-8-. The van der Waals surface area contributed by atoms with Crippen molar-refractivity contribution in [2.24, 2.45) is 0 Å². The molecule has 0 spiro atoms. The Kier molecular flexibility index (Phi) is 5.51. The van der Waals surface area contributed by atoms with E-state index in [1.165, 1.54) is 20.3 Å². The van der Waals surface area contributed by atoms with Crippen molar-refractivity contribution in [2.75, 3.05) is 19.1 Å². The molecule has 0 aromatic heterocycles. The van der Waals surface area contributed by atoms with Crippen molar-refractivity contribution >= 4 is 45.5 Å². The molecule has 0 bridgehead atoms. The van der Waals surface area contributed by atoms with Crippen molar-refractivity contribution in [1.82, 2.24) is 5.32 Å². The van der Waals surface area contributed by atoms with Gasteiger partial charge in [-0.2, -0.15) is 0 Å². The van der Waals surface area contributed by atoms with Gasteiger partial charge in [-0.05, 0) is 42.8 Å². The maximum absolute atomic E-state index is 12.9. The van der Waals surface area contributed by atoms with Crippen LogP contribution in [0.25, 0.3) is 6.08 Å². The van der Waals surface area contributed by atoms with Gasteiger partial charge in [0.2, 0.25) is 0 Å². The number of carbonyl (C=O) groups is 3. The summed E-state index contributed by atoms with van der Waals surface area (Å²) in [5.41, 5.74) is 1.70. The van der Waals surface area contributed by atoms with E-state index in [-0.39, 0.29) is 5.57 Å². The molecule has 28 heavy (non-hydrogen) atoms. The topological polar surface area (TPSA) is 84.9 Å². The number of carbonyl (C=O) groups excluding carboxylic acids is 3.